The molecule has 134 valence electrons. The van der Waals surface area contributed by atoms with Gasteiger partial charge in [-0.1, -0.05) is 62.1 Å². The van der Waals surface area contributed by atoms with Gasteiger partial charge in [-0.2, -0.15) is 0 Å². The third-order valence-corrected chi connectivity index (χ3v) is 4.13. The van der Waals surface area contributed by atoms with E-state index in [1.807, 2.05) is 30.3 Å². The average Bonchev–Trinajstić information content (AvgIpc) is 2.63. The maximum Gasteiger partial charge on any atom is 0.338 e. The number of rotatable bonds is 10. The van der Waals surface area contributed by atoms with Crippen LogP contribution in [0.3, 0.4) is 0 Å². The van der Waals surface area contributed by atoms with Gasteiger partial charge in [0.05, 0.1) is 5.56 Å². The number of carbonyl (C=O) groups is 1. The monoisotopic (exact) mass is 360 g/mol. The quantitative estimate of drug-likeness (QED) is 0.390. The van der Waals surface area contributed by atoms with Crippen LogP contribution in [0.1, 0.15) is 49.4 Å². The molecule has 2 aromatic carbocycles. The van der Waals surface area contributed by atoms with Gasteiger partial charge in [-0.15, -0.1) is 0 Å². The lowest BCUT2D eigenvalue weighted by molar-refractivity contribution is 0.0144. The van der Waals surface area contributed by atoms with E-state index in [2.05, 4.69) is 6.92 Å². The Kier molecular flexibility index (Phi) is 8.33. The van der Waals surface area contributed by atoms with Crippen molar-refractivity contribution in [2.45, 2.75) is 45.1 Å². The van der Waals surface area contributed by atoms with Crippen LogP contribution < -0.4 is 4.74 Å². The molecule has 3 nitrogen and oxygen atoms in total. The number of esters is 1. The van der Waals surface area contributed by atoms with Crippen LogP contribution in [0.15, 0.2) is 54.6 Å². The normalized spacial score (nSPS) is 11.8. The third kappa shape index (κ3) is 7.18. The molecule has 0 aliphatic heterocycles. The molecule has 0 N–H and O–H groups in total. The molecule has 0 bridgehead atoms. The second-order valence-electron chi connectivity index (χ2n) is 6.01. The molecule has 0 aliphatic rings. The number of unbranched alkanes of at least 4 members (excludes halogenated alkanes) is 3. The van der Waals surface area contributed by atoms with Crippen molar-refractivity contribution < 1.29 is 14.3 Å². The molecule has 0 spiro atoms. The fraction of sp³-hybridized carbons (Fsp3) is 0.381. The lowest BCUT2D eigenvalue weighted by Gasteiger charge is -2.19. The van der Waals surface area contributed by atoms with Crippen molar-refractivity contribution >= 4 is 17.6 Å². The Morgan fingerprint density at radius 3 is 2.56 bits per heavy atom. The number of para-hydroxylation sites is 1. The highest BCUT2D eigenvalue weighted by molar-refractivity contribution is 6.30. The first-order valence-corrected chi connectivity index (χ1v) is 9.21. The Hall–Kier alpha value is -2.00. The van der Waals surface area contributed by atoms with Gasteiger partial charge in [-0.25, -0.2) is 4.79 Å². The topological polar surface area (TPSA) is 35.5 Å². The van der Waals surface area contributed by atoms with Crippen LogP contribution in [0.2, 0.25) is 5.02 Å². The summed E-state index contributed by atoms with van der Waals surface area (Å²) in [4.78, 5) is 12.4. The van der Waals surface area contributed by atoms with Crippen LogP contribution in [0.25, 0.3) is 0 Å². The van der Waals surface area contributed by atoms with Crippen molar-refractivity contribution in [2.24, 2.45) is 0 Å². The predicted octanol–water partition coefficient (Wildman–Crippen LogP) is 5.91. The first-order valence-electron chi connectivity index (χ1n) is 8.83. The largest absolute Gasteiger partial charge is 0.490 e. The molecule has 1 atom stereocenters. The lowest BCUT2D eigenvalue weighted by Crippen LogP contribution is -2.25. The minimum Gasteiger partial charge on any atom is -0.490 e. The number of hydrogen-bond donors (Lipinski definition) is 0. The van der Waals surface area contributed by atoms with Gasteiger partial charge in [0.2, 0.25) is 0 Å². The summed E-state index contributed by atoms with van der Waals surface area (Å²) in [6, 6.07) is 16.4. The smallest absolute Gasteiger partial charge is 0.338 e. The zero-order chi connectivity index (χ0) is 17.9. The fourth-order valence-corrected chi connectivity index (χ4v) is 2.71. The van der Waals surface area contributed by atoms with Crippen LogP contribution in [-0.4, -0.2) is 18.7 Å². The molecule has 0 heterocycles. The fourth-order valence-electron chi connectivity index (χ4n) is 2.52. The van der Waals surface area contributed by atoms with Gasteiger partial charge in [-0.05, 0) is 43.2 Å². The molecular weight excluding hydrogens is 336 g/mol. The van der Waals surface area contributed by atoms with Gasteiger partial charge in [0.15, 0.2) is 0 Å². The molecule has 1 unspecified atom stereocenters. The molecule has 0 radical (unpaired) electrons. The molecule has 0 amide bonds. The second kappa shape index (κ2) is 10.8. The summed E-state index contributed by atoms with van der Waals surface area (Å²) in [5.41, 5.74) is 0.464. The molecule has 2 rings (SSSR count). The van der Waals surface area contributed by atoms with Crippen molar-refractivity contribution in [3.05, 3.63) is 65.2 Å². The summed E-state index contributed by atoms with van der Waals surface area (Å²) in [6.45, 7) is 2.53. The molecule has 0 saturated heterocycles. The van der Waals surface area contributed by atoms with E-state index in [1.165, 1.54) is 12.8 Å². The number of carbonyl (C=O) groups excluding carboxylic acids is 1. The maximum absolute atomic E-state index is 12.4. The molecule has 0 aromatic heterocycles. The van der Waals surface area contributed by atoms with Crippen LogP contribution in [0, 0.1) is 0 Å². The van der Waals surface area contributed by atoms with Gasteiger partial charge in [0.1, 0.15) is 18.5 Å². The summed E-state index contributed by atoms with van der Waals surface area (Å²) in [5, 5.41) is 0.523. The third-order valence-electron chi connectivity index (χ3n) is 3.89. The Morgan fingerprint density at radius 1 is 1.04 bits per heavy atom. The Morgan fingerprint density at radius 2 is 1.84 bits per heavy atom. The minimum absolute atomic E-state index is 0.274. The van der Waals surface area contributed by atoms with Crippen molar-refractivity contribution in [2.75, 3.05) is 6.61 Å². The van der Waals surface area contributed by atoms with Gasteiger partial charge >= 0.3 is 5.97 Å². The highest BCUT2D eigenvalue weighted by Gasteiger charge is 2.17. The zero-order valence-electron chi connectivity index (χ0n) is 14.6. The summed E-state index contributed by atoms with van der Waals surface area (Å²) >= 11 is 5.95. The number of benzene rings is 2. The van der Waals surface area contributed by atoms with Gasteiger partial charge in [-0.3, -0.25) is 0 Å². The molecule has 25 heavy (non-hydrogen) atoms. The maximum atomic E-state index is 12.4. The predicted molar refractivity (Wildman–Crippen MR) is 101 cm³/mol. The van der Waals surface area contributed by atoms with Gasteiger partial charge in [0.25, 0.3) is 0 Å². The molecular formula is C21H25ClO3. The number of hydrogen-bond acceptors (Lipinski definition) is 3. The van der Waals surface area contributed by atoms with Gasteiger partial charge < -0.3 is 9.47 Å². The van der Waals surface area contributed by atoms with Crippen LogP contribution in [0.5, 0.6) is 5.75 Å². The van der Waals surface area contributed by atoms with Crippen molar-refractivity contribution in [1.29, 1.82) is 0 Å². The van der Waals surface area contributed by atoms with Crippen molar-refractivity contribution in [3.63, 3.8) is 0 Å². The van der Waals surface area contributed by atoms with E-state index in [0.29, 0.717) is 17.2 Å². The summed E-state index contributed by atoms with van der Waals surface area (Å²) in [6.07, 6.45) is 5.02. The molecule has 0 fully saturated rings. The van der Waals surface area contributed by atoms with Crippen LogP contribution in [-0.2, 0) is 4.74 Å². The van der Waals surface area contributed by atoms with Crippen LogP contribution in [0.4, 0.5) is 0 Å². The Labute approximate surface area is 154 Å². The lowest BCUT2D eigenvalue weighted by atomic mass is 10.1. The minimum atomic E-state index is -0.361. The van der Waals surface area contributed by atoms with E-state index in [4.69, 9.17) is 21.1 Å². The standard InChI is InChI=1S/C21H25ClO3/c1-2-3-4-6-14-20(16-24-19-12-7-5-8-13-19)25-21(23)17-10-9-11-18(22)15-17/h5,7-13,15,20H,2-4,6,14,16H2,1H3. The van der Waals surface area contributed by atoms with Gasteiger partial charge in [0, 0.05) is 5.02 Å². The van der Waals surface area contributed by atoms with E-state index >= 15 is 0 Å². The van der Waals surface area contributed by atoms with Crippen molar-refractivity contribution in [3.8, 4) is 5.75 Å². The summed E-state index contributed by atoms with van der Waals surface area (Å²) < 4.78 is 11.5. The summed E-state index contributed by atoms with van der Waals surface area (Å²) in [5.74, 6) is 0.416. The number of ether oxygens (including phenoxy) is 2. The van der Waals surface area contributed by atoms with E-state index in [9.17, 15) is 4.79 Å². The average molecular weight is 361 g/mol. The van der Waals surface area contributed by atoms with E-state index in [1.54, 1.807) is 24.3 Å². The van der Waals surface area contributed by atoms with E-state index in [-0.39, 0.29) is 12.1 Å². The second-order valence-corrected chi connectivity index (χ2v) is 6.45. The summed E-state index contributed by atoms with van der Waals surface area (Å²) in [7, 11) is 0. The first-order chi connectivity index (χ1) is 12.2. The highest BCUT2D eigenvalue weighted by atomic mass is 35.5. The molecule has 0 saturated carbocycles. The first kappa shape index (κ1) is 19.3. The SMILES string of the molecule is CCCCCCC(COc1ccccc1)OC(=O)c1cccc(Cl)c1. The molecule has 2 aromatic rings. The molecule has 4 heteroatoms. The van der Waals surface area contributed by atoms with Crippen molar-refractivity contribution in [1.82, 2.24) is 0 Å². The Bertz CT molecular complexity index is 643. The van der Waals surface area contributed by atoms with E-state index < -0.39 is 0 Å². The Balaban J connectivity index is 1.93. The molecule has 0 aliphatic carbocycles. The van der Waals surface area contributed by atoms with Crippen LogP contribution >= 0.6 is 11.6 Å². The highest BCUT2D eigenvalue weighted by Crippen LogP contribution is 2.16. The zero-order valence-corrected chi connectivity index (χ0v) is 15.4. The van der Waals surface area contributed by atoms with E-state index in [0.717, 1.165) is 25.0 Å². The number of halogens is 1.